The SMILES string of the molecule is CC(C)C(C)C(=O)NCC1CCCNC1.Cl. The Hall–Kier alpha value is -0.280. The highest BCUT2D eigenvalue weighted by atomic mass is 35.5. The summed E-state index contributed by atoms with van der Waals surface area (Å²) in [6.07, 6.45) is 2.48. The molecule has 0 aromatic carbocycles. The van der Waals surface area contributed by atoms with Gasteiger partial charge in [0.1, 0.15) is 0 Å². The Labute approximate surface area is 105 Å². The van der Waals surface area contributed by atoms with Crippen molar-refractivity contribution >= 4 is 18.3 Å². The van der Waals surface area contributed by atoms with Gasteiger partial charge in [0.05, 0.1) is 0 Å². The lowest BCUT2D eigenvalue weighted by Gasteiger charge is -2.24. The van der Waals surface area contributed by atoms with Crippen molar-refractivity contribution in [3.63, 3.8) is 0 Å². The van der Waals surface area contributed by atoms with Crippen molar-refractivity contribution in [2.45, 2.75) is 33.6 Å². The standard InChI is InChI=1S/C12H24N2O.ClH/c1-9(2)10(3)12(15)14-8-11-5-4-6-13-7-11;/h9-11,13H,4-8H2,1-3H3,(H,14,15);1H. The van der Waals surface area contributed by atoms with Crippen LogP contribution in [0.5, 0.6) is 0 Å². The summed E-state index contributed by atoms with van der Waals surface area (Å²) in [4.78, 5) is 11.7. The minimum absolute atomic E-state index is 0. The molecule has 2 atom stereocenters. The van der Waals surface area contributed by atoms with Gasteiger partial charge < -0.3 is 10.6 Å². The predicted molar refractivity (Wildman–Crippen MR) is 69.9 cm³/mol. The van der Waals surface area contributed by atoms with E-state index in [-0.39, 0.29) is 24.2 Å². The minimum Gasteiger partial charge on any atom is -0.356 e. The first-order valence-electron chi connectivity index (χ1n) is 6.09. The quantitative estimate of drug-likeness (QED) is 0.797. The lowest BCUT2D eigenvalue weighted by Crippen LogP contribution is -2.40. The Morgan fingerprint density at radius 2 is 2.12 bits per heavy atom. The lowest BCUT2D eigenvalue weighted by molar-refractivity contribution is -0.125. The predicted octanol–water partition coefficient (Wildman–Crippen LogP) is 1.82. The van der Waals surface area contributed by atoms with Crippen LogP contribution < -0.4 is 10.6 Å². The van der Waals surface area contributed by atoms with Crippen LogP contribution in [0.1, 0.15) is 33.6 Å². The highest BCUT2D eigenvalue weighted by Gasteiger charge is 2.18. The maximum absolute atomic E-state index is 11.7. The molecule has 3 nitrogen and oxygen atoms in total. The molecule has 1 aliphatic heterocycles. The molecule has 1 aliphatic rings. The zero-order chi connectivity index (χ0) is 11.3. The van der Waals surface area contributed by atoms with Crippen LogP contribution >= 0.6 is 12.4 Å². The number of amides is 1. The second-order valence-electron chi connectivity index (χ2n) is 4.99. The summed E-state index contributed by atoms with van der Waals surface area (Å²) >= 11 is 0. The minimum atomic E-state index is 0. The molecule has 0 aromatic heterocycles. The van der Waals surface area contributed by atoms with Crippen LogP contribution in [0.3, 0.4) is 0 Å². The Kier molecular flexibility index (Phi) is 7.77. The van der Waals surface area contributed by atoms with Crippen molar-refractivity contribution in [1.82, 2.24) is 10.6 Å². The highest BCUT2D eigenvalue weighted by Crippen LogP contribution is 2.11. The number of carbonyl (C=O) groups excluding carboxylic acids is 1. The topological polar surface area (TPSA) is 41.1 Å². The fourth-order valence-corrected chi connectivity index (χ4v) is 1.81. The molecule has 1 fully saturated rings. The molecule has 2 unspecified atom stereocenters. The zero-order valence-corrected chi connectivity index (χ0v) is 11.4. The number of rotatable bonds is 4. The van der Waals surface area contributed by atoms with Crippen LogP contribution in [0, 0.1) is 17.8 Å². The molecule has 1 saturated heterocycles. The molecule has 1 heterocycles. The fourth-order valence-electron chi connectivity index (χ4n) is 1.81. The number of piperidine rings is 1. The largest absolute Gasteiger partial charge is 0.356 e. The van der Waals surface area contributed by atoms with Crippen molar-refractivity contribution in [3.05, 3.63) is 0 Å². The van der Waals surface area contributed by atoms with E-state index in [1.165, 1.54) is 12.8 Å². The van der Waals surface area contributed by atoms with Gasteiger partial charge in [-0.15, -0.1) is 12.4 Å². The van der Waals surface area contributed by atoms with Gasteiger partial charge in [-0.05, 0) is 37.8 Å². The summed E-state index contributed by atoms with van der Waals surface area (Å²) in [5, 5.41) is 6.41. The first-order valence-corrected chi connectivity index (χ1v) is 6.09. The Balaban J connectivity index is 0.00000225. The van der Waals surface area contributed by atoms with Crippen molar-refractivity contribution in [2.75, 3.05) is 19.6 Å². The average molecular weight is 249 g/mol. The molecule has 16 heavy (non-hydrogen) atoms. The number of hydrogen-bond acceptors (Lipinski definition) is 2. The van der Waals surface area contributed by atoms with E-state index in [9.17, 15) is 4.79 Å². The van der Waals surface area contributed by atoms with Gasteiger partial charge in [-0.2, -0.15) is 0 Å². The fraction of sp³-hybridized carbons (Fsp3) is 0.917. The molecule has 1 rings (SSSR count). The lowest BCUT2D eigenvalue weighted by atomic mass is 9.96. The van der Waals surface area contributed by atoms with Gasteiger partial charge >= 0.3 is 0 Å². The average Bonchev–Trinajstić information content (AvgIpc) is 2.26. The third kappa shape index (κ3) is 5.17. The maximum atomic E-state index is 11.7. The van der Waals surface area contributed by atoms with Crippen LogP contribution in [-0.4, -0.2) is 25.5 Å². The van der Waals surface area contributed by atoms with Crippen molar-refractivity contribution < 1.29 is 4.79 Å². The third-order valence-corrected chi connectivity index (χ3v) is 3.38. The molecule has 0 saturated carbocycles. The zero-order valence-electron chi connectivity index (χ0n) is 10.6. The Bertz CT molecular complexity index is 203. The third-order valence-electron chi connectivity index (χ3n) is 3.38. The van der Waals surface area contributed by atoms with E-state index < -0.39 is 0 Å². The van der Waals surface area contributed by atoms with Gasteiger partial charge in [0, 0.05) is 12.5 Å². The van der Waals surface area contributed by atoms with Crippen LogP contribution in [0.25, 0.3) is 0 Å². The van der Waals surface area contributed by atoms with Crippen LogP contribution in [-0.2, 0) is 4.79 Å². The van der Waals surface area contributed by atoms with Crippen molar-refractivity contribution in [2.24, 2.45) is 17.8 Å². The van der Waals surface area contributed by atoms with Crippen molar-refractivity contribution in [1.29, 1.82) is 0 Å². The van der Waals surface area contributed by atoms with E-state index in [0.717, 1.165) is 19.6 Å². The van der Waals surface area contributed by atoms with Gasteiger partial charge in [-0.25, -0.2) is 0 Å². The molecule has 0 bridgehead atoms. The molecule has 96 valence electrons. The van der Waals surface area contributed by atoms with E-state index in [2.05, 4.69) is 24.5 Å². The molecule has 0 radical (unpaired) electrons. The Morgan fingerprint density at radius 1 is 1.44 bits per heavy atom. The summed E-state index contributed by atoms with van der Waals surface area (Å²) in [6, 6.07) is 0. The summed E-state index contributed by atoms with van der Waals surface area (Å²) < 4.78 is 0. The first-order chi connectivity index (χ1) is 7.11. The first kappa shape index (κ1) is 15.7. The summed E-state index contributed by atoms with van der Waals surface area (Å²) in [5.41, 5.74) is 0. The van der Waals surface area contributed by atoms with Crippen LogP contribution in [0.4, 0.5) is 0 Å². The number of nitrogens with one attached hydrogen (secondary N) is 2. The molecular formula is C12H25ClN2O. The van der Waals surface area contributed by atoms with Gasteiger partial charge in [0.25, 0.3) is 0 Å². The summed E-state index contributed by atoms with van der Waals surface area (Å²) in [6.45, 7) is 9.20. The monoisotopic (exact) mass is 248 g/mol. The Morgan fingerprint density at radius 3 is 2.62 bits per heavy atom. The second kappa shape index (κ2) is 7.91. The molecule has 1 amide bonds. The molecule has 0 spiro atoms. The normalized spacial score (nSPS) is 22.4. The van der Waals surface area contributed by atoms with E-state index in [0.29, 0.717) is 11.8 Å². The van der Waals surface area contributed by atoms with Gasteiger partial charge in [0.15, 0.2) is 0 Å². The van der Waals surface area contributed by atoms with E-state index in [1.807, 2.05) is 6.92 Å². The number of hydrogen-bond donors (Lipinski definition) is 2. The highest BCUT2D eigenvalue weighted by molar-refractivity contribution is 5.85. The molecular weight excluding hydrogens is 224 g/mol. The molecule has 4 heteroatoms. The van der Waals surface area contributed by atoms with Crippen molar-refractivity contribution in [3.8, 4) is 0 Å². The second-order valence-corrected chi connectivity index (χ2v) is 4.99. The summed E-state index contributed by atoms with van der Waals surface area (Å²) in [7, 11) is 0. The van der Waals surface area contributed by atoms with E-state index >= 15 is 0 Å². The van der Waals surface area contributed by atoms with Gasteiger partial charge in [-0.3, -0.25) is 4.79 Å². The maximum Gasteiger partial charge on any atom is 0.223 e. The van der Waals surface area contributed by atoms with E-state index in [4.69, 9.17) is 0 Å². The van der Waals surface area contributed by atoms with Crippen LogP contribution in [0.2, 0.25) is 0 Å². The number of halogens is 1. The van der Waals surface area contributed by atoms with Gasteiger partial charge in [-0.1, -0.05) is 20.8 Å². The molecule has 0 aromatic rings. The smallest absolute Gasteiger partial charge is 0.223 e. The van der Waals surface area contributed by atoms with Crippen LogP contribution in [0.15, 0.2) is 0 Å². The van der Waals surface area contributed by atoms with E-state index in [1.54, 1.807) is 0 Å². The molecule has 0 aliphatic carbocycles. The number of carbonyl (C=O) groups is 1. The van der Waals surface area contributed by atoms with Gasteiger partial charge in [0.2, 0.25) is 5.91 Å². The summed E-state index contributed by atoms with van der Waals surface area (Å²) in [5.74, 6) is 1.38. The molecule has 2 N–H and O–H groups in total.